The number of hydrogen-bond acceptors (Lipinski definition) is 5. The fourth-order valence-corrected chi connectivity index (χ4v) is 3.55. The summed E-state index contributed by atoms with van der Waals surface area (Å²) in [4.78, 5) is 10.9. The van der Waals surface area contributed by atoms with Crippen molar-refractivity contribution < 1.29 is 31.1 Å². The van der Waals surface area contributed by atoms with E-state index in [-0.39, 0.29) is 12.6 Å². The molecular formula is C14H17F3N2O4S. The normalized spacial score (nSPS) is 18.6. The number of hydrogen-bond donors (Lipinski definition) is 2. The molecule has 0 aromatic heterocycles. The molecule has 1 atom stereocenters. The predicted octanol–water partition coefficient (Wildman–Crippen LogP) is 1.52. The molecular weight excluding hydrogens is 349 g/mol. The molecule has 1 aromatic rings. The van der Waals surface area contributed by atoms with Gasteiger partial charge in [0, 0.05) is 12.6 Å². The van der Waals surface area contributed by atoms with Gasteiger partial charge >= 0.3 is 12.1 Å². The lowest BCUT2D eigenvalue weighted by Crippen LogP contribution is -2.37. The molecule has 24 heavy (non-hydrogen) atoms. The summed E-state index contributed by atoms with van der Waals surface area (Å²) < 4.78 is 70.3. The first-order valence-electron chi connectivity index (χ1n) is 7.18. The predicted molar refractivity (Wildman–Crippen MR) is 79.0 cm³/mol. The SMILES string of the molecule is COC(=O)c1ccc(S(=O)(=O)NCC2CCCN2)cc1C(F)(F)F. The van der Waals surface area contributed by atoms with E-state index in [0.29, 0.717) is 6.07 Å². The molecule has 0 radical (unpaired) electrons. The summed E-state index contributed by atoms with van der Waals surface area (Å²) in [5.41, 5.74) is -2.09. The lowest BCUT2D eigenvalue weighted by atomic mass is 10.1. The molecule has 0 saturated carbocycles. The van der Waals surface area contributed by atoms with Gasteiger partial charge in [-0.1, -0.05) is 0 Å². The molecule has 1 saturated heterocycles. The molecule has 1 aromatic carbocycles. The Hall–Kier alpha value is -1.65. The van der Waals surface area contributed by atoms with Crippen molar-refractivity contribution in [1.29, 1.82) is 0 Å². The minimum absolute atomic E-state index is 0.0452. The van der Waals surface area contributed by atoms with E-state index in [1.54, 1.807) is 0 Å². The molecule has 2 N–H and O–H groups in total. The standard InChI is InChI=1S/C14H17F3N2O4S/c1-23-13(20)11-5-4-10(7-12(11)14(15,16)17)24(21,22)19-8-9-3-2-6-18-9/h4-5,7,9,18-19H,2-3,6,8H2,1H3. The van der Waals surface area contributed by atoms with Crippen molar-refractivity contribution in [3.05, 3.63) is 29.3 Å². The molecule has 0 bridgehead atoms. The maximum Gasteiger partial charge on any atom is 0.417 e. The number of ether oxygens (including phenoxy) is 1. The fourth-order valence-electron chi connectivity index (χ4n) is 2.44. The molecule has 10 heteroatoms. The van der Waals surface area contributed by atoms with Gasteiger partial charge in [-0.25, -0.2) is 17.9 Å². The van der Waals surface area contributed by atoms with Gasteiger partial charge < -0.3 is 10.1 Å². The smallest absolute Gasteiger partial charge is 0.417 e. The minimum atomic E-state index is -4.89. The Morgan fingerprint density at radius 3 is 2.67 bits per heavy atom. The summed E-state index contributed by atoms with van der Waals surface area (Å²) in [6, 6.07) is 2.15. The molecule has 1 unspecified atom stereocenters. The van der Waals surface area contributed by atoms with Gasteiger partial charge in [-0.2, -0.15) is 13.2 Å². The van der Waals surface area contributed by atoms with Crippen molar-refractivity contribution in [1.82, 2.24) is 10.0 Å². The van der Waals surface area contributed by atoms with E-state index in [1.807, 2.05) is 0 Å². The molecule has 2 rings (SSSR count). The zero-order valence-electron chi connectivity index (χ0n) is 12.8. The Kier molecular flexibility index (Phi) is 5.51. The highest BCUT2D eigenvalue weighted by Crippen LogP contribution is 2.34. The van der Waals surface area contributed by atoms with Crippen LogP contribution in [0.5, 0.6) is 0 Å². The highest BCUT2D eigenvalue weighted by atomic mass is 32.2. The van der Waals surface area contributed by atoms with Crippen LogP contribution in [0.15, 0.2) is 23.1 Å². The summed E-state index contributed by atoms with van der Waals surface area (Å²) in [6.07, 6.45) is -3.18. The van der Waals surface area contributed by atoms with Crippen LogP contribution in [0.1, 0.15) is 28.8 Å². The third-order valence-corrected chi connectivity index (χ3v) is 5.12. The van der Waals surface area contributed by atoms with Crippen molar-refractivity contribution in [3.8, 4) is 0 Å². The van der Waals surface area contributed by atoms with Gasteiger partial charge in [0.15, 0.2) is 0 Å². The average Bonchev–Trinajstić information content (AvgIpc) is 3.04. The van der Waals surface area contributed by atoms with Gasteiger partial charge in [0.1, 0.15) is 0 Å². The van der Waals surface area contributed by atoms with Gasteiger partial charge in [0.25, 0.3) is 0 Å². The monoisotopic (exact) mass is 366 g/mol. The van der Waals surface area contributed by atoms with Crippen LogP contribution in [-0.4, -0.2) is 40.6 Å². The topological polar surface area (TPSA) is 84.5 Å². The first-order valence-corrected chi connectivity index (χ1v) is 8.66. The van der Waals surface area contributed by atoms with Crippen LogP contribution in [0, 0.1) is 0 Å². The second-order valence-electron chi connectivity index (χ2n) is 5.34. The minimum Gasteiger partial charge on any atom is -0.465 e. The Morgan fingerprint density at radius 1 is 1.42 bits per heavy atom. The Balaban J connectivity index is 2.30. The molecule has 0 aliphatic carbocycles. The zero-order valence-corrected chi connectivity index (χ0v) is 13.6. The van der Waals surface area contributed by atoms with Crippen LogP contribution in [-0.2, 0) is 20.9 Å². The molecule has 6 nitrogen and oxygen atoms in total. The molecule has 0 spiro atoms. The number of nitrogens with one attached hydrogen (secondary N) is 2. The summed E-state index contributed by atoms with van der Waals surface area (Å²) in [7, 11) is -3.17. The maximum absolute atomic E-state index is 13.1. The van der Waals surface area contributed by atoms with Crippen molar-refractivity contribution in [2.45, 2.75) is 30.0 Å². The van der Waals surface area contributed by atoms with Crippen LogP contribution in [0.3, 0.4) is 0 Å². The number of methoxy groups -OCH3 is 1. The van der Waals surface area contributed by atoms with Gasteiger partial charge in [0.05, 0.1) is 23.1 Å². The van der Waals surface area contributed by atoms with E-state index in [2.05, 4.69) is 14.8 Å². The number of halogens is 3. The number of rotatable bonds is 5. The van der Waals surface area contributed by atoms with Gasteiger partial charge in [-0.05, 0) is 37.6 Å². The van der Waals surface area contributed by atoms with Gasteiger partial charge in [-0.15, -0.1) is 0 Å². The van der Waals surface area contributed by atoms with Crippen LogP contribution in [0.4, 0.5) is 13.2 Å². The van der Waals surface area contributed by atoms with E-state index in [4.69, 9.17) is 0 Å². The molecule has 0 amide bonds. The quantitative estimate of drug-likeness (QED) is 0.772. The Labute approximate surface area is 137 Å². The number of carbonyl (C=O) groups excluding carboxylic acids is 1. The van der Waals surface area contributed by atoms with E-state index in [0.717, 1.165) is 38.6 Å². The third kappa shape index (κ3) is 4.25. The van der Waals surface area contributed by atoms with Crippen molar-refractivity contribution in [2.24, 2.45) is 0 Å². The Bertz CT molecular complexity index is 713. The lowest BCUT2D eigenvalue weighted by molar-refractivity contribution is -0.138. The third-order valence-electron chi connectivity index (χ3n) is 3.69. The number of alkyl halides is 3. The molecule has 1 aliphatic rings. The zero-order chi connectivity index (χ0) is 18.0. The first kappa shape index (κ1) is 18.7. The van der Waals surface area contributed by atoms with Gasteiger partial charge in [-0.3, -0.25) is 0 Å². The number of benzene rings is 1. The van der Waals surface area contributed by atoms with Crippen molar-refractivity contribution >= 4 is 16.0 Å². The second kappa shape index (κ2) is 7.08. The second-order valence-corrected chi connectivity index (χ2v) is 7.11. The largest absolute Gasteiger partial charge is 0.465 e. The summed E-state index contributed by atoms with van der Waals surface area (Å²) in [6.45, 7) is 0.862. The molecule has 134 valence electrons. The maximum atomic E-state index is 13.1. The first-order chi connectivity index (χ1) is 11.1. The molecule has 1 aliphatic heterocycles. The van der Waals surface area contributed by atoms with E-state index >= 15 is 0 Å². The van der Waals surface area contributed by atoms with Crippen LogP contribution in [0.2, 0.25) is 0 Å². The highest BCUT2D eigenvalue weighted by molar-refractivity contribution is 7.89. The summed E-state index contributed by atoms with van der Waals surface area (Å²) in [5, 5.41) is 3.08. The van der Waals surface area contributed by atoms with Crippen LogP contribution in [0.25, 0.3) is 0 Å². The lowest BCUT2D eigenvalue weighted by Gasteiger charge is -2.15. The number of carbonyl (C=O) groups is 1. The fraction of sp³-hybridized carbons (Fsp3) is 0.500. The summed E-state index contributed by atoms with van der Waals surface area (Å²) in [5.74, 6) is -1.19. The van der Waals surface area contributed by atoms with Crippen molar-refractivity contribution in [2.75, 3.05) is 20.2 Å². The van der Waals surface area contributed by atoms with E-state index in [9.17, 15) is 26.4 Å². The van der Waals surface area contributed by atoms with Gasteiger partial charge in [0.2, 0.25) is 10.0 Å². The van der Waals surface area contributed by atoms with Crippen molar-refractivity contribution in [3.63, 3.8) is 0 Å². The number of esters is 1. The Morgan fingerprint density at radius 2 is 2.12 bits per heavy atom. The van der Waals surface area contributed by atoms with E-state index in [1.165, 1.54) is 0 Å². The van der Waals surface area contributed by atoms with E-state index < -0.39 is 38.2 Å². The highest BCUT2D eigenvalue weighted by Gasteiger charge is 2.37. The van der Waals surface area contributed by atoms with Crippen LogP contribution >= 0.6 is 0 Å². The summed E-state index contributed by atoms with van der Waals surface area (Å²) >= 11 is 0. The van der Waals surface area contributed by atoms with Crippen LogP contribution < -0.4 is 10.0 Å². The number of sulfonamides is 1. The molecule has 1 heterocycles. The average molecular weight is 366 g/mol. The molecule has 1 fully saturated rings.